The Balaban J connectivity index is 1.11. The lowest BCUT2D eigenvalue weighted by Crippen LogP contribution is -2.42. The molecule has 2 N–H and O–H groups in total. The van der Waals surface area contributed by atoms with Crippen LogP contribution in [0.15, 0.2) is 59.9 Å². The summed E-state index contributed by atoms with van der Waals surface area (Å²) in [6, 6.07) is 12.9. The van der Waals surface area contributed by atoms with Crippen LogP contribution in [-0.4, -0.2) is 73.5 Å². The van der Waals surface area contributed by atoms with Crippen LogP contribution in [0.5, 0.6) is 0 Å². The van der Waals surface area contributed by atoms with Crippen LogP contribution in [0.1, 0.15) is 37.7 Å². The van der Waals surface area contributed by atoms with Gasteiger partial charge in [-0.15, -0.1) is 0 Å². The lowest BCUT2D eigenvalue weighted by atomic mass is 10.00. The minimum Gasteiger partial charge on any atom is -0.380 e. The first-order chi connectivity index (χ1) is 18.4. The summed E-state index contributed by atoms with van der Waals surface area (Å²) in [4.78, 5) is 34.0. The highest BCUT2D eigenvalue weighted by Crippen LogP contribution is 2.46. The van der Waals surface area contributed by atoms with Gasteiger partial charge >= 0.3 is 0 Å². The number of hydrogen-bond acceptors (Lipinski definition) is 5. The highest BCUT2D eigenvalue weighted by atomic mass is 19.1. The molecule has 1 saturated heterocycles. The van der Waals surface area contributed by atoms with Crippen molar-refractivity contribution in [2.75, 3.05) is 19.6 Å². The second-order valence-electron chi connectivity index (χ2n) is 11.1. The fourth-order valence-electron chi connectivity index (χ4n) is 5.67. The molecular formula is C29H28FN5O3. The van der Waals surface area contributed by atoms with Crippen LogP contribution < -0.4 is 0 Å². The molecule has 194 valence electrons. The van der Waals surface area contributed by atoms with Crippen molar-refractivity contribution in [1.82, 2.24) is 20.0 Å². The minimum atomic E-state index is -1.19. The number of aliphatic hydroxyl groups is 1. The Morgan fingerprint density at radius 2 is 1.76 bits per heavy atom. The molecule has 2 aliphatic carbocycles. The van der Waals surface area contributed by atoms with E-state index in [0.29, 0.717) is 56.7 Å². The van der Waals surface area contributed by atoms with Crippen molar-refractivity contribution in [2.45, 2.75) is 43.2 Å². The third kappa shape index (κ3) is 3.84. The summed E-state index contributed by atoms with van der Waals surface area (Å²) in [5.74, 6) is -0.260. The molecule has 9 heteroatoms. The number of likely N-dealkylation sites (tertiary alicyclic amines) is 1. The van der Waals surface area contributed by atoms with E-state index in [2.05, 4.69) is 10.2 Å². The van der Waals surface area contributed by atoms with E-state index in [4.69, 9.17) is 4.99 Å². The molecule has 1 aromatic heterocycles. The third-order valence-electron chi connectivity index (χ3n) is 8.34. The Hall–Kier alpha value is -3.85. The highest BCUT2D eigenvalue weighted by Gasteiger charge is 2.58. The number of carbonyl (C=O) groups is 2. The molecule has 38 heavy (non-hydrogen) atoms. The second kappa shape index (κ2) is 8.33. The molecule has 1 spiro atoms. The molecule has 3 aromatic rings. The fraction of sp³-hybridized carbons (Fsp3) is 0.379. The summed E-state index contributed by atoms with van der Waals surface area (Å²) >= 11 is 0. The van der Waals surface area contributed by atoms with Crippen molar-refractivity contribution >= 4 is 17.6 Å². The zero-order valence-corrected chi connectivity index (χ0v) is 20.9. The number of nitrogens with one attached hydrogen (secondary N) is 1. The van der Waals surface area contributed by atoms with Crippen molar-refractivity contribution in [3.8, 4) is 22.3 Å². The van der Waals surface area contributed by atoms with Crippen LogP contribution in [-0.2, 0) is 9.59 Å². The predicted molar refractivity (Wildman–Crippen MR) is 139 cm³/mol. The van der Waals surface area contributed by atoms with Crippen LogP contribution in [0.4, 0.5) is 4.39 Å². The van der Waals surface area contributed by atoms with Crippen molar-refractivity contribution < 1.29 is 19.1 Å². The molecule has 2 saturated carbocycles. The van der Waals surface area contributed by atoms with E-state index in [1.807, 2.05) is 36.5 Å². The zero-order valence-electron chi connectivity index (χ0n) is 20.9. The Morgan fingerprint density at radius 1 is 1.05 bits per heavy atom. The second-order valence-corrected chi connectivity index (χ2v) is 11.1. The van der Waals surface area contributed by atoms with Crippen LogP contribution in [0.3, 0.4) is 0 Å². The summed E-state index contributed by atoms with van der Waals surface area (Å²) in [6.45, 7) is 1.44. The highest BCUT2D eigenvalue weighted by molar-refractivity contribution is 6.16. The molecule has 7 rings (SSSR count). The average Bonchev–Trinajstić information content (AvgIpc) is 3.68. The maximum Gasteiger partial charge on any atom is 0.256 e. The van der Waals surface area contributed by atoms with Crippen LogP contribution in [0.25, 0.3) is 22.3 Å². The van der Waals surface area contributed by atoms with Gasteiger partial charge in [-0.2, -0.15) is 5.10 Å². The molecule has 1 atom stereocenters. The fourth-order valence-corrected chi connectivity index (χ4v) is 5.67. The van der Waals surface area contributed by atoms with E-state index >= 15 is 4.39 Å². The number of rotatable bonds is 6. The Morgan fingerprint density at radius 3 is 2.39 bits per heavy atom. The van der Waals surface area contributed by atoms with Crippen LogP contribution in [0.2, 0.25) is 0 Å². The van der Waals surface area contributed by atoms with Crippen LogP contribution >= 0.6 is 0 Å². The van der Waals surface area contributed by atoms with Gasteiger partial charge in [-0.3, -0.25) is 24.6 Å². The quantitative estimate of drug-likeness (QED) is 0.528. The number of carbonyl (C=O) groups excluding carboxylic acids is 2. The van der Waals surface area contributed by atoms with Crippen LogP contribution in [0, 0.1) is 11.7 Å². The monoisotopic (exact) mass is 513 g/mol. The minimum absolute atomic E-state index is 0.0560. The predicted octanol–water partition coefficient (Wildman–Crippen LogP) is 3.38. The molecule has 4 aliphatic rings. The molecule has 0 radical (unpaired) electrons. The lowest BCUT2D eigenvalue weighted by molar-refractivity contribution is -0.141. The van der Waals surface area contributed by atoms with Gasteiger partial charge in [-0.25, -0.2) is 4.39 Å². The molecule has 2 amide bonds. The summed E-state index contributed by atoms with van der Waals surface area (Å²) < 4.78 is 15.6. The number of amidine groups is 1. The molecule has 0 bridgehead atoms. The SMILES string of the molecule is O=C(N1CC[C@@H](CN2C(=O)C3(CC3)N=C2c2ccc(-c3ccc(-c4cn[nH]c4)cc3)cc2F)C1)C1(O)CC1. The maximum absolute atomic E-state index is 15.6. The number of hydrogen-bond donors (Lipinski definition) is 2. The number of aromatic nitrogens is 2. The van der Waals surface area contributed by atoms with Gasteiger partial charge in [0, 0.05) is 31.4 Å². The smallest absolute Gasteiger partial charge is 0.256 e. The summed E-state index contributed by atoms with van der Waals surface area (Å²) in [5, 5.41) is 17.0. The topological polar surface area (TPSA) is 102 Å². The Kier molecular flexibility index (Phi) is 5.10. The van der Waals surface area contributed by atoms with Gasteiger partial charge in [0.25, 0.3) is 11.8 Å². The van der Waals surface area contributed by atoms with Crippen molar-refractivity contribution in [3.05, 3.63) is 66.2 Å². The van der Waals surface area contributed by atoms with Crippen molar-refractivity contribution in [1.29, 1.82) is 0 Å². The first-order valence-corrected chi connectivity index (χ1v) is 13.2. The van der Waals surface area contributed by atoms with Gasteiger partial charge < -0.3 is 10.0 Å². The molecule has 2 aromatic carbocycles. The Bertz CT molecular complexity index is 1460. The lowest BCUT2D eigenvalue weighted by Gasteiger charge is -2.24. The van der Waals surface area contributed by atoms with E-state index in [1.165, 1.54) is 6.07 Å². The third-order valence-corrected chi connectivity index (χ3v) is 8.34. The number of aliphatic imine (C=N–C) groups is 1. The summed E-state index contributed by atoms with van der Waals surface area (Å²) in [5.41, 5.74) is 2.01. The molecule has 8 nitrogen and oxygen atoms in total. The standard InChI is InChI=1S/C29H28FN5O3/c30-24-13-21(19-1-3-20(4-2-19)22-14-31-32-15-22)5-6-23(24)25-33-28(8-9-28)26(36)35(25)17-18-7-12-34(16-18)27(37)29(38)10-11-29/h1-6,13-15,18,38H,7-12,16-17H2,(H,31,32)/t18-/m1/s1. The van der Waals surface area contributed by atoms with Gasteiger partial charge in [0.05, 0.1) is 11.8 Å². The zero-order chi connectivity index (χ0) is 26.1. The van der Waals surface area contributed by atoms with E-state index in [1.54, 1.807) is 22.1 Å². The van der Waals surface area contributed by atoms with E-state index in [-0.39, 0.29) is 17.7 Å². The van der Waals surface area contributed by atoms with Gasteiger partial charge in [-0.1, -0.05) is 30.3 Å². The number of halogens is 1. The van der Waals surface area contributed by atoms with E-state index in [0.717, 1.165) is 28.7 Å². The first-order valence-electron chi connectivity index (χ1n) is 13.2. The Labute approximate surface area is 219 Å². The average molecular weight is 514 g/mol. The molecule has 3 fully saturated rings. The number of aromatic amines is 1. The van der Waals surface area contributed by atoms with Gasteiger partial charge in [0.2, 0.25) is 0 Å². The van der Waals surface area contributed by atoms with Crippen molar-refractivity contribution in [2.24, 2.45) is 10.9 Å². The van der Waals surface area contributed by atoms with E-state index < -0.39 is 17.0 Å². The largest absolute Gasteiger partial charge is 0.380 e. The normalized spacial score (nSPS) is 22.7. The van der Waals surface area contributed by atoms with Gasteiger partial charge in [-0.05, 0) is 66.8 Å². The summed E-state index contributed by atoms with van der Waals surface area (Å²) in [6.07, 6.45) is 6.70. The number of benzene rings is 2. The number of amides is 2. The van der Waals surface area contributed by atoms with E-state index in [9.17, 15) is 14.7 Å². The van der Waals surface area contributed by atoms with Crippen molar-refractivity contribution in [3.63, 3.8) is 0 Å². The molecular weight excluding hydrogens is 485 g/mol. The molecule has 3 heterocycles. The summed E-state index contributed by atoms with van der Waals surface area (Å²) in [7, 11) is 0. The van der Waals surface area contributed by atoms with Gasteiger partial charge in [0.1, 0.15) is 22.8 Å². The van der Waals surface area contributed by atoms with Gasteiger partial charge in [0.15, 0.2) is 0 Å². The maximum atomic E-state index is 15.6. The molecule has 2 aliphatic heterocycles. The number of H-pyrrole nitrogens is 1. The molecule has 0 unspecified atom stereocenters. The number of nitrogens with zero attached hydrogens (tertiary/aromatic N) is 4. The first kappa shape index (κ1) is 23.3.